The molecule has 2 amide bonds. The monoisotopic (exact) mass is 358 g/mol. The van der Waals surface area contributed by atoms with E-state index in [1.165, 1.54) is 4.90 Å². The first-order valence-electron chi connectivity index (χ1n) is 6.42. The predicted molar refractivity (Wildman–Crippen MR) is 83.1 cm³/mol. The number of hydrogen-bond donors (Lipinski definition) is 1. The van der Waals surface area contributed by atoms with Gasteiger partial charge in [0, 0.05) is 31.8 Å². The molecule has 0 aliphatic rings. The highest BCUT2D eigenvalue weighted by Gasteiger charge is 2.22. The zero-order valence-electron chi connectivity index (χ0n) is 12.1. The predicted octanol–water partition coefficient (Wildman–Crippen LogP) is 1.51. The molecule has 1 aromatic carbocycles. The number of para-hydroxylation sites is 1. The summed E-state index contributed by atoms with van der Waals surface area (Å²) in [4.78, 5) is 25.6. The molecule has 0 aliphatic heterocycles. The van der Waals surface area contributed by atoms with Crippen LogP contribution in [0.15, 0.2) is 28.7 Å². The minimum absolute atomic E-state index is 0.335. The smallest absolute Gasteiger partial charge is 0.313 e. The molecule has 0 saturated heterocycles. The second kappa shape index (κ2) is 9.49. The number of methoxy groups -OCH3 is 2. The molecule has 0 heterocycles. The molecule has 0 bridgehead atoms. The molecule has 0 unspecified atom stereocenters. The van der Waals surface area contributed by atoms with Crippen LogP contribution in [0, 0.1) is 0 Å². The maximum Gasteiger partial charge on any atom is 0.313 e. The lowest BCUT2D eigenvalue weighted by molar-refractivity contribution is -0.144. The van der Waals surface area contributed by atoms with Crippen molar-refractivity contribution < 1.29 is 19.1 Å². The third-order valence-electron chi connectivity index (χ3n) is 2.73. The SMILES string of the molecule is COCCN(CCOC)C(=O)C(=O)Nc1ccccc1Br. The number of carbonyl (C=O) groups is 2. The Morgan fingerprint density at radius 1 is 1.14 bits per heavy atom. The first-order chi connectivity index (χ1) is 10.1. The molecule has 0 fully saturated rings. The van der Waals surface area contributed by atoms with E-state index >= 15 is 0 Å². The molecule has 21 heavy (non-hydrogen) atoms. The molecule has 1 aromatic rings. The van der Waals surface area contributed by atoms with Crippen molar-refractivity contribution in [3.63, 3.8) is 0 Å². The fourth-order valence-electron chi connectivity index (χ4n) is 1.60. The number of halogens is 1. The van der Waals surface area contributed by atoms with Crippen molar-refractivity contribution >= 4 is 33.4 Å². The van der Waals surface area contributed by atoms with Crippen molar-refractivity contribution in [2.75, 3.05) is 45.8 Å². The Morgan fingerprint density at radius 2 is 1.71 bits per heavy atom. The summed E-state index contributed by atoms with van der Waals surface area (Å²) < 4.78 is 10.6. The molecule has 0 atom stereocenters. The lowest BCUT2D eigenvalue weighted by atomic mass is 10.3. The van der Waals surface area contributed by atoms with Crippen LogP contribution in [0.2, 0.25) is 0 Å². The second-order valence-corrected chi connectivity index (χ2v) is 5.07. The van der Waals surface area contributed by atoms with Gasteiger partial charge in [0.2, 0.25) is 0 Å². The number of ether oxygens (including phenoxy) is 2. The van der Waals surface area contributed by atoms with Gasteiger partial charge in [-0.2, -0.15) is 0 Å². The Hall–Kier alpha value is -1.44. The standard InChI is InChI=1S/C14H19BrN2O4/c1-20-9-7-17(8-10-21-2)14(19)13(18)16-12-6-4-3-5-11(12)15/h3-6H,7-10H2,1-2H3,(H,16,18). The first kappa shape index (κ1) is 17.6. The summed E-state index contributed by atoms with van der Waals surface area (Å²) in [6.45, 7) is 1.39. The molecule has 0 radical (unpaired) electrons. The zero-order chi connectivity index (χ0) is 15.7. The lowest BCUT2D eigenvalue weighted by Gasteiger charge is -2.21. The van der Waals surface area contributed by atoms with Crippen LogP contribution in [0.25, 0.3) is 0 Å². The van der Waals surface area contributed by atoms with Gasteiger partial charge in [-0.05, 0) is 28.1 Å². The first-order valence-corrected chi connectivity index (χ1v) is 7.22. The summed E-state index contributed by atoms with van der Waals surface area (Å²) in [5.41, 5.74) is 0.550. The van der Waals surface area contributed by atoms with Gasteiger partial charge in [-0.3, -0.25) is 9.59 Å². The number of carbonyl (C=O) groups excluding carboxylic acids is 2. The number of nitrogens with zero attached hydrogens (tertiary/aromatic N) is 1. The molecular formula is C14H19BrN2O4. The lowest BCUT2D eigenvalue weighted by Crippen LogP contribution is -2.43. The van der Waals surface area contributed by atoms with Crippen LogP contribution in [0.3, 0.4) is 0 Å². The normalized spacial score (nSPS) is 10.2. The fraction of sp³-hybridized carbons (Fsp3) is 0.429. The van der Waals surface area contributed by atoms with Gasteiger partial charge in [-0.25, -0.2) is 0 Å². The van der Waals surface area contributed by atoms with Crippen molar-refractivity contribution in [1.29, 1.82) is 0 Å². The molecule has 6 nitrogen and oxygen atoms in total. The van der Waals surface area contributed by atoms with E-state index in [1.54, 1.807) is 32.4 Å². The molecule has 1 N–H and O–H groups in total. The van der Waals surface area contributed by atoms with Gasteiger partial charge in [0.15, 0.2) is 0 Å². The molecule has 0 spiro atoms. The number of benzene rings is 1. The van der Waals surface area contributed by atoms with E-state index in [1.807, 2.05) is 6.07 Å². The average molecular weight is 359 g/mol. The van der Waals surface area contributed by atoms with Gasteiger partial charge < -0.3 is 19.7 Å². The van der Waals surface area contributed by atoms with Crippen molar-refractivity contribution in [2.24, 2.45) is 0 Å². The molecule has 116 valence electrons. The van der Waals surface area contributed by atoms with Crippen LogP contribution in [0.5, 0.6) is 0 Å². The highest BCUT2D eigenvalue weighted by atomic mass is 79.9. The Morgan fingerprint density at radius 3 is 2.24 bits per heavy atom. The number of nitrogens with one attached hydrogen (secondary N) is 1. The number of rotatable bonds is 7. The summed E-state index contributed by atoms with van der Waals surface area (Å²) in [6, 6.07) is 7.10. The van der Waals surface area contributed by atoms with E-state index in [-0.39, 0.29) is 0 Å². The highest BCUT2D eigenvalue weighted by Crippen LogP contribution is 2.21. The largest absolute Gasteiger partial charge is 0.383 e. The van der Waals surface area contributed by atoms with Crippen LogP contribution in [0.1, 0.15) is 0 Å². The van der Waals surface area contributed by atoms with Crippen molar-refractivity contribution in [3.05, 3.63) is 28.7 Å². The molecule has 0 aliphatic carbocycles. The quantitative estimate of drug-likeness (QED) is 0.750. The van der Waals surface area contributed by atoms with Gasteiger partial charge in [0.1, 0.15) is 0 Å². The van der Waals surface area contributed by atoms with Crippen molar-refractivity contribution in [3.8, 4) is 0 Å². The van der Waals surface area contributed by atoms with Crippen molar-refractivity contribution in [1.82, 2.24) is 4.90 Å². The van der Waals surface area contributed by atoms with Crippen LogP contribution >= 0.6 is 15.9 Å². The van der Waals surface area contributed by atoms with Gasteiger partial charge in [0.05, 0.1) is 18.9 Å². The maximum atomic E-state index is 12.2. The Kier molecular flexibility index (Phi) is 7.96. The Balaban J connectivity index is 2.68. The Labute approximate surface area is 132 Å². The molecule has 0 saturated carbocycles. The number of hydrogen-bond acceptors (Lipinski definition) is 4. The van der Waals surface area contributed by atoms with Crippen LogP contribution in [-0.4, -0.2) is 57.2 Å². The van der Waals surface area contributed by atoms with Gasteiger partial charge in [-0.15, -0.1) is 0 Å². The molecule has 1 rings (SSSR count). The van der Waals surface area contributed by atoms with Crippen LogP contribution in [-0.2, 0) is 19.1 Å². The number of anilines is 1. The van der Waals surface area contributed by atoms with E-state index in [2.05, 4.69) is 21.2 Å². The van der Waals surface area contributed by atoms with E-state index in [0.29, 0.717) is 36.5 Å². The van der Waals surface area contributed by atoms with Crippen LogP contribution < -0.4 is 5.32 Å². The maximum absolute atomic E-state index is 12.2. The van der Waals surface area contributed by atoms with E-state index in [0.717, 1.165) is 0 Å². The van der Waals surface area contributed by atoms with Crippen LogP contribution in [0.4, 0.5) is 5.69 Å². The molecular weight excluding hydrogens is 340 g/mol. The van der Waals surface area contributed by atoms with Gasteiger partial charge >= 0.3 is 11.8 Å². The topological polar surface area (TPSA) is 67.9 Å². The van der Waals surface area contributed by atoms with E-state index < -0.39 is 11.8 Å². The van der Waals surface area contributed by atoms with E-state index in [9.17, 15) is 9.59 Å². The highest BCUT2D eigenvalue weighted by molar-refractivity contribution is 9.10. The summed E-state index contributed by atoms with van der Waals surface area (Å²) in [5, 5.41) is 2.58. The fourth-order valence-corrected chi connectivity index (χ4v) is 1.98. The van der Waals surface area contributed by atoms with Gasteiger partial charge in [-0.1, -0.05) is 12.1 Å². The average Bonchev–Trinajstić information content (AvgIpc) is 2.49. The summed E-state index contributed by atoms with van der Waals surface area (Å²) in [6.07, 6.45) is 0. The van der Waals surface area contributed by atoms with Crippen molar-refractivity contribution in [2.45, 2.75) is 0 Å². The zero-order valence-corrected chi connectivity index (χ0v) is 13.7. The van der Waals surface area contributed by atoms with Gasteiger partial charge in [0.25, 0.3) is 0 Å². The summed E-state index contributed by atoms with van der Waals surface area (Å²) >= 11 is 3.32. The minimum atomic E-state index is -0.686. The minimum Gasteiger partial charge on any atom is -0.383 e. The number of amides is 2. The molecule has 7 heteroatoms. The second-order valence-electron chi connectivity index (χ2n) is 4.21. The Bertz CT molecular complexity index is 474. The third-order valence-corrected chi connectivity index (χ3v) is 3.43. The summed E-state index contributed by atoms with van der Waals surface area (Å²) in [5.74, 6) is -1.30. The third kappa shape index (κ3) is 5.82. The summed E-state index contributed by atoms with van der Waals surface area (Å²) in [7, 11) is 3.08. The molecule has 0 aromatic heterocycles. The van der Waals surface area contributed by atoms with E-state index in [4.69, 9.17) is 9.47 Å².